The van der Waals surface area contributed by atoms with E-state index in [-0.39, 0.29) is 24.3 Å². The fourth-order valence-electron chi connectivity index (χ4n) is 3.15. The Morgan fingerprint density at radius 1 is 1.26 bits per heavy atom. The molecule has 1 aromatic rings. The van der Waals surface area contributed by atoms with Gasteiger partial charge < -0.3 is 9.64 Å². The molecule has 0 aliphatic carbocycles. The van der Waals surface area contributed by atoms with Crippen LogP contribution >= 0.6 is 0 Å². The minimum atomic E-state index is -4.36. The highest BCUT2D eigenvalue weighted by molar-refractivity contribution is 5.80. The second-order valence-corrected chi connectivity index (χ2v) is 6.80. The van der Waals surface area contributed by atoms with E-state index in [1.54, 1.807) is 23.8 Å². The maximum atomic E-state index is 12.6. The third-order valence-electron chi connectivity index (χ3n) is 4.53. The molecule has 1 amide bonds. The molecule has 1 unspecified atom stereocenters. The first kappa shape index (κ1) is 21.2. The molecule has 5 nitrogen and oxygen atoms in total. The molecule has 0 spiro atoms. The standard InChI is InChI=1S/C19H25F3N2O3/c1-3-27-18(26)15-5-4-10-24(12-15)17(25)13-23(2)11-14-6-8-16(9-7-14)19(20,21)22/h6-9,15H,3-5,10-13H2,1-2H3. The molecule has 2 rings (SSSR count). The van der Waals surface area contributed by atoms with E-state index < -0.39 is 11.7 Å². The molecule has 0 saturated carbocycles. The van der Waals surface area contributed by atoms with Crippen LogP contribution in [0.5, 0.6) is 0 Å². The molecule has 1 atom stereocenters. The number of carbonyl (C=O) groups is 2. The van der Waals surface area contributed by atoms with E-state index in [9.17, 15) is 22.8 Å². The third kappa shape index (κ3) is 6.23. The van der Waals surface area contributed by atoms with Gasteiger partial charge in [-0.05, 0) is 44.5 Å². The zero-order valence-corrected chi connectivity index (χ0v) is 15.6. The minimum Gasteiger partial charge on any atom is -0.466 e. The number of halogens is 3. The van der Waals surface area contributed by atoms with Crippen molar-refractivity contribution in [2.24, 2.45) is 5.92 Å². The average molecular weight is 386 g/mol. The van der Waals surface area contributed by atoms with E-state index in [4.69, 9.17) is 4.74 Å². The lowest BCUT2D eigenvalue weighted by atomic mass is 9.98. The molecule has 1 saturated heterocycles. The lowest BCUT2D eigenvalue weighted by molar-refractivity contribution is -0.151. The maximum Gasteiger partial charge on any atom is 0.416 e. The van der Waals surface area contributed by atoms with Crippen molar-refractivity contribution < 1.29 is 27.5 Å². The molecule has 1 aromatic carbocycles. The molecule has 0 aromatic heterocycles. The topological polar surface area (TPSA) is 49.9 Å². The lowest BCUT2D eigenvalue weighted by Crippen LogP contribution is -2.46. The van der Waals surface area contributed by atoms with Gasteiger partial charge in [-0.25, -0.2) is 0 Å². The molecule has 1 aliphatic rings. The van der Waals surface area contributed by atoms with Gasteiger partial charge in [0, 0.05) is 19.6 Å². The molecule has 1 heterocycles. The largest absolute Gasteiger partial charge is 0.466 e. The average Bonchev–Trinajstić information content (AvgIpc) is 2.61. The molecule has 0 radical (unpaired) electrons. The highest BCUT2D eigenvalue weighted by atomic mass is 19.4. The summed E-state index contributed by atoms with van der Waals surface area (Å²) in [6, 6.07) is 4.92. The smallest absolute Gasteiger partial charge is 0.416 e. The zero-order valence-electron chi connectivity index (χ0n) is 15.6. The van der Waals surface area contributed by atoms with E-state index in [0.717, 1.165) is 18.6 Å². The van der Waals surface area contributed by atoms with Gasteiger partial charge in [0.25, 0.3) is 0 Å². The van der Waals surface area contributed by atoms with Crippen molar-refractivity contribution in [3.8, 4) is 0 Å². The monoisotopic (exact) mass is 386 g/mol. The Balaban J connectivity index is 1.86. The number of nitrogens with zero attached hydrogens (tertiary/aromatic N) is 2. The Bertz CT molecular complexity index is 647. The van der Waals surface area contributed by atoms with E-state index >= 15 is 0 Å². The second kappa shape index (κ2) is 9.21. The van der Waals surface area contributed by atoms with E-state index in [0.29, 0.717) is 38.2 Å². The van der Waals surface area contributed by atoms with Crippen LogP contribution in [0.15, 0.2) is 24.3 Å². The summed E-state index contributed by atoms with van der Waals surface area (Å²) < 4.78 is 42.8. The van der Waals surface area contributed by atoms with Gasteiger partial charge in [0.05, 0.1) is 24.6 Å². The van der Waals surface area contributed by atoms with Crippen LogP contribution in [0.1, 0.15) is 30.9 Å². The number of benzene rings is 1. The van der Waals surface area contributed by atoms with Gasteiger partial charge in [-0.2, -0.15) is 13.2 Å². The number of amides is 1. The summed E-state index contributed by atoms with van der Waals surface area (Å²) in [5.41, 5.74) is 0.00430. The Morgan fingerprint density at radius 3 is 2.52 bits per heavy atom. The van der Waals surface area contributed by atoms with Gasteiger partial charge in [-0.1, -0.05) is 12.1 Å². The minimum absolute atomic E-state index is 0.0987. The summed E-state index contributed by atoms with van der Waals surface area (Å²) in [6.07, 6.45) is -2.90. The first-order valence-corrected chi connectivity index (χ1v) is 8.99. The van der Waals surface area contributed by atoms with Gasteiger partial charge in [-0.15, -0.1) is 0 Å². The summed E-state index contributed by atoms with van der Waals surface area (Å²) >= 11 is 0. The molecule has 150 valence electrons. The zero-order chi connectivity index (χ0) is 20.0. The second-order valence-electron chi connectivity index (χ2n) is 6.80. The predicted octanol–water partition coefficient (Wildman–Crippen LogP) is 2.94. The van der Waals surface area contributed by atoms with Crippen molar-refractivity contribution in [3.63, 3.8) is 0 Å². The van der Waals surface area contributed by atoms with Gasteiger partial charge >= 0.3 is 12.1 Å². The first-order valence-electron chi connectivity index (χ1n) is 8.99. The number of likely N-dealkylation sites (N-methyl/N-ethyl adjacent to an activating group) is 1. The Hall–Kier alpha value is -2.09. The number of likely N-dealkylation sites (tertiary alicyclic amines) is 1. The van der Waals surface area contributed by atoms with Crippen molar-refractivity contribution in [2.45, 2.75) is 32.5 Å². The number of esters is 1. The Kier molecular flexibility index (Phi) is 7.24. The van der Waals surface area contributed by atoms with Crippen LogP contribution in [0.2, 0.25) is 0 Å². The van der Waals surface area contributed by atoms with Crippen LogP contribution in [0.25, 0.3) is 0 Å². The summed E-state index contributed by atoms with van der Waals surface area (Å²) in [7, 11) is 1.74. The molecular weight excluding hydrogens is 361 g/mol. The van der Waals surface area contributed by atoms with E-state index in [1.807, 2.05) is 0 Å². The predicted molar refractivity (Wildman–Crippen MR) is 93.7 cm³/mol. The number of ether oxygens (including phenoxy) is 1. The quantitative estimate of drug-likeness (QED) is 0.706. The van der Waals surface area contributed by atoms with Gasteiger partial charge in [0.15, 0.2) is 0 Å². The number of hydrogen-bond acceptors (Lipinski definition) is 4. The van der Waals surface area contributed by atoms with Crippen molar-refractivity contribution in [1.29, 1.82) is 0 Å². The van der Waals surface area contributed by atoms with Crippen LogP contribution in [-0.2, 0) is 27.0 Å². The molecular formula is C19H25F3N2O3. The van der Waals surface area contributed by atoms with Crippen LogP contribution < -0.4 is 0 Å². The van der Waals surface area contributed by atoms with E-state index in [2.05, 4.69) is 0 Å². The van der Waals surface area contributed by atoms with E-state index in [1.165, 1.54) is 12.1 Å². The first-order chi connectivity index (χ1) is 12.7. The van der Waals surface area contributed by atoms with Crippen molar-refractivity contribution in [1.82, 2.24) is 9.80 Å². The third-order valence-corrected chi connectivity index (χ3v) is 4.53. The van der Waals surface area contributed by atoms with Crippen molar-refractivity contribution in [3.05, 3.63) is 35.4 Å². The Morgan fingerprint density at radius 2 is 1.93 bits per heavy atom. The van der Waals surface area contributed by atoms with Crippen LogP contribution in [0, 0.1) is 5.92 Å². The normalized spacial score (nSPS) is 17.9. The lowest BCUT2D eigenvalue weighted by Gasteiger charge is -2.32. The SMILES string of the molecule is CCOC(=O)C1CCCN(C(=O)CN(C)Cc2ccc(C(F)(F)F)cc2)C1. The number of alkyl halides is 3. The van der Waals surface area contributed by atoms with Gasteiger partial charge in [0.2, 0.25) is 5.91 Å². The Labute approximate surface area is 157 Å². The number of piperidine rings is 1. The van der Waals surface area contributed by atoms with Crippen LogP contribution in [-0.4, -0.2) is 55.0 Å². The fourth-order valence-corrected chi connectivity index (χ4v) is 3.15. The van der Waals surface area contributed by atoms with Crippen LogP contribution in [0.4, 0.5) is 13.2 Å². The molecule has 1 fully saturated rings. The van der Waals surface area contributed by atoms with Gasteiger partial charge in [-0.3, -0.25) is 14.5 Å². The molecule has 0 bridgehead atoms. The molecule has 0 N–H and O–H groups in total. The van der Waals surface area contributed by atoms with Crippen molar-refractivity contribution in [2.75, 3.05) is 33.3 Å². The summed E-state index contributed by atoms with van der Waals surface area (Å²) in [6.45, 7) is 3.52. The molecule has 8 heteroatoms. The highest BCUT2D eigenvalue weighted by Crippen LogP contribution is 2.29. The maximum absolute atomic E-state index is 12.6. The highest BCUT2D eigenvalue weighted by Gasteiger charge is 2.31. The molecule has 1 aliphatic heterocycles. The van der Waals surface area contributed by atoms with Gasteiger partial charge in [0.1, 0.15) is 0 Å². The number of carbonyl (C=O) groups excluding carboxylic acids is 2. The number of rotatable bonds is 6. The summed E-state index contributed by atoms with van der Waals surface area (Å²) in [5, 5.41) is 0. The fraction of sp³-hybridized carbons (Fsp3) is 0.579. The molecule has 27 heavy (non-hydrogen) atoms. The summed E-state index contributed by atoms with van der Waals surface area (Å²) in [4.78, 5) is 27.8. The number of hydrogen-bond donors (Lipinski definition) is 0. The van der Waals surface area contributed by atoms with Crippen LogP contribution in [0.3, 0.4) is 0 Å². The van der Waals surface area contributed by atoms with Crippen molar-refractivity contribution >= 4 is 11.9 Å². The summed E-state index contributed by atoms with van der Waals surface area (Å²) in [5.74, 6) is -0.658.